The van der Waals surface area contributed by atoms with E-state index in [0.717, 1.165) is 10.5 Å². The van der Waals surface area contributed by atoms with E-state index in [9.17, 15) is 24.0 Å². The zero-order valence-electron chi connectivity index (χ0n) is 24.3. The average Bonchev–Trinajstić information content (AvgIpc) is 2.92. The third kappa shape index (κ3) is 8.14. The summed E-state index contributed by atoms with van der Waals surface area (Å²) in [6.07, 6.45) is 0.568. The first kappa shape index (κ1) is 32.7. The Bertz CT molecular complexity index is 1140. The number of benzene rings is 1. The summed E-state index contributed by atoms with van der Waals surface area (Å²) >= 11 is 0. The predicted molar refractivity (Wildman–Crippen MR) is 150 cm³/mol. The van der Waals surface area contributed by atoms with Crippen LogP contribution in [0.5, 0.6) is 0 Å². The van der Waals surface area contributed by atoms with Gasteiger partial charge in [0.05, 0.1) is 31.1 Å². The maximum atomic E-state index is 15.0. The van der Waals surface area contributed by atoms with Crippen LogP contribution in [0.4, 0.5) is 13.6 Å². The molecule has 2 atom stereocenters. The second kappa shape index (κ2) is 13.9. The molecule has 12 nitrogen and oxygen atoms in total. The molecule has 6 N–H and O–H groups in total. The molecule has 42 heavy (non-hydrogen) atoms. The number of urea groups is 1. The van der Waals surface area contributed by atoms with Crippen LogP contribution in [-0.4, -0.2) is 104 Å². The van der Waals surface area contributed by atoms with Crippen molar-refractivity contribution >= 4 is 29.7 Å². The highest BCUT2D eigenvalue weighted by atomic mass is 19.3. The average molecular weight is 594 g/mol. The number of halogens is 2. The molecule has 2 heterocycles. The van der Waals surface area contributed by atoms with E-state index >= 15 is 8.78 Å². The minimum Gasteiger partial charge on any atom is -0.346 e. The van der Waals surface area contributed by atoms with Crippen LogP contribution in [0, 0.1) is 11.3 Å². The molecule has 14 heteroatoms. The number of alkyl halides is 2. The van der Waals surface area contributed by atoms with Gasteiger partial charge in [-0.2, -0.15) is 0 Å². The van der Waals surface area contributed by atoms with Gasteiger partial charge in [0.15, 0.2) is 0 Å². The van der Waals surface area contributed by atoms with E-state index in [0.29, 0.717) is 6.42 Å². The number of carbonyl (C=O) groups excluding carboxylic acids is 5. The fraction of sp³-hybridized carbons (Fsp3) is 0.607. The molecule has 0 bridgehead atoms. The number of hydrogen-bond acceptors (Lipinski definition) is 6. The third-order valence-corrected chi connectivity index (χ3v) is 7.70. The first-order chi connectivity index (χ1) is 19.8. The smallest absolute Gasteiger partial charge is 0.317 e. The SMILES string of the molecule is CNC(=O)N1CC2(CCN(C(=O)CNC(=O)C(CC(C)C)NC(=O)CNC(=O)C(N)Cc3ccccc3)CC2(F)F)C1. The standard InChI is InChI=1S/C28H41F2N7O5/c1-18(2)11-21(35-22(38)13-33-24(40)20(31)12-19-7-5-4-6-8-19)25(41)34-14-23(39)36-10-9-27(28(29,30)17-36)15-37(16-27)26(42)32-3/h4-8,18,20-21H,9-17,31H2,1-3H3,(H,32,42)(H,33,40)(H,34,41)(H,35,38). The van der Waals surface area contributed by atoms with E-state index in [1.807, 2.05) is 44.2 Å². The lowest BCUT2D eigenvalue weighted by Crippen LogP contribution is -2.72. The second-order valence-electron chi connectivity index (χ2n) is 11.4. The Morgan fingerprint density at radius 2 is 1.60 bits per heavy atom. The van der Waals surface area contributed by atoms with Gasteiger partial charge >= 0.3 is 6.03 Å². The molecule has 0 saturated carbocycles. The van der Waals surface area contributed by atoms with Crippen molar-refractivity contribution < 1.29 is 32.8 Å². The van der Waals surface area contributed by atoms with Gasteiger partial charge in [-0.05, 0) is 30.7 Å². The van der Waals surface area contributed by atoms with Crippen molar-refractivity contribution in [3.63, 3.8) is 0 Å². The third-order valence-electron chi connectivity index (χ3n) is 7.70. The van der Waals surface area contributed by atoms with Crippen molar-refractivity contribution in [1.29, 1.82) is 0 Å². The number of amides is 6. The lowest BCUT2D eigenvalue weighted by molar-refractivity contribution is -0.214. The van der Waals surface area contributed by atoms with Gasteiger partial charge in [-0.3, -0.25) is 19.2 Å². The number of hydrogen-bond donors (Lipinski definition) is 5. The first-order valence-corrected chi connectivity index (χ1v) is 14.0. The Morgan fingerprint density at radius 3 is 2.19 bits per heavy atom. The summed E-state index contributed by atoms with van der Waals surface area (Å²) in [5.41, 5.74) is 5.44. The zero-order valence-corrected chi connectivity index (χ0v) is 24.3. The Labute approximate surface area is 244 Å². The fourth-order valence-corrected chi connectivity index (χ4v) is 5.21. The van der Waals surface area contributed by atoms with Crippen LogP contribution in [0.1, 0.15) is 32.3 Å². The van der Waals surface area contributed by atoms with E-state index < -0.39 is 72.7 Å². The number of nitrogens with one attached hydrogen (secondary N) is 4. The van der Waals surface area contributed by atoms with Gasteiger partial charge in [-0.15, -0.1) is 0 Å². The maximum Gasteiger partial charge on any atom is 0.317 e. The molecule has 1 aromatic carbocycles. The molecule has 1 aromatic rings. The maximum absolute atomic E-state index is 15.0. The lowest BCUT2D eigenvalue weighted by atomic mass is 9.69. The van der Waals surface area contributed by atoms with Crippen LogP contribution in [0.2, 0.25) is 0 Å². The molecule has 1 spiro atoms. The monoisotopic (exact) mass is 593 g/mol. The molecule has 0 aliphatic carbocycles. The Hall–Kier alpha value is -3.81. The molecule has 2 fully saturated rings. The highest BCUT2D eigenvalue weighted by molar-refractivity contribution is 5.92. The van der Waals surface area contributed by atoms with Gasteiger partial charge in [0, 0.05) is 26.7 Å². The minimum absolute atomic E-state index is 0.000514. The number of rotatable bonds is 11. The molecule has 3 rings (SSSR count). The summed E-state index contributed by atoms with van der Waals surface area (Å²) in [6.45, 7) is 1.87. The summed E-state index contributed by atoms with van der Waals surface area (Å²) in [7, 11) is 1.43. The topological polar surface area (TPSA) is 166 Å². The minimum atomic E-state index is -3.20. The number of nitrogens with two attached hydrogens (primary N) is 1. The normalized spacial score (nSPS) is 18.5. The van der Waals surface area contributed by atoms with E-state index in [1.165, 1.54) is 11.9 Å². The Balaban J connectivity index is 1.46. The van der Waals surface area contributed by atoms with E-state index in [2.05, 4.69) is 21.3 Å². The van der Waals surface area contributed by atoms with Crippen molar-refractivity contribution in [3.05, 3.63) is 35.9 Å². The Morgan fingerprint density at radius 1 is 0.952 bits per heavy atom. The van der Waals surface area contributed by atoms with Crippen LogP contribution in [0.3, 0.4) is 0 Å². The molecule has 2 aliphatic rings. The van der Waals surface area contributed by atoms with E-state index in [1.54, 1.807) is 0 Å². The van der Waals surface area contributed by atoms with Gasteiger partial charge in [0.1, 0.15) is 6.04 Å². The van der Waals surface area contributed by atoms with Crippen LogP contribution in [0.25, 0.3) is 0 Å². The largest absolute Gasteiger partial charge is 0.346 e. The van der Waals surface area contributed by atoms with Crippen molar-refractivity contribution in [2.24, 2.45) is 17.1 Å². The molecular weight excluding hydrogens is 552 g/mol. The summed E-state index contributed by atoms with van der Waals surface area (Å²) < 4.78 is 30.1. The summed E-state index contributed by atoms with van der Waals surface area (Å²) in [6, 6.07) is 6.89. The van der Waals surface area contributed by atoms with E-state index in [4.69, 9.17) is 5.73 Å². The van der Waals surface area contributed by atoms with Gasteiger partial charge in [-0.1, -0.05) is 44.2 Å². The van der Waals surface area contributed by atoms with Gasteiger partial charge in [0.2, 0.25) is 23.6 Å². The van der Waals surface area contributed by atoms with Crippen molar-refractivity contribution in [2.75, 3.05) is 46.3 Å². The van der Waals surface area contributed by atoms with Gasteiger partial charge in [0.25, 0.3) is 5.92 Å². The highest BCUT2D eigenvalue weighted by Gasteiger charge is 2.63. The molecule has 6 amide bonds. The molecule has 0 aromatic heterocycles. The van der Waals surface area contributed by atoms with Crippen LogP contribution in [0.15, 0.2) is 30.3 Å². The van der Waals surface area contributed by atoms with Crippen molar-refractivity contribution in [2.45, 2.75) is 51.1 Å². The lowest BCUT2D eigenvalue weighted by Gasteiger charge is -2.57. The molecule has 2 aliphatic heterocycles. The summed E-state index contributed by atoms with van der Waals surface area (Å²) in [4.78, 5) is 64.5. The number of piperidine rings is 1. The second-order valence-corrected chi connectivity index (χ2v) is 11.4. The first-order valence-electron chi connectivity index (χ1n) is 14.0. The van der Waals surface area contributed by atoms with Crippen molar-refractivity contribution in [1.82, 2.24) is 31.1 Å². The number of nitrogens with zero attached hydrogens (tertiary/aromatic N) is 2. The number of carbonyl (C=O) groups is 5. The van der Waals surface area contributed by atoms with Gasteiger partial charge < -0.3 is 36.8 Å². The van der Waals surface area contributed by atoms with E-state index in [-0.39, 0.29) is 38.4 Å². The molecule has 0 radical (unpaired) electrons. The van der Waals surface area contributed by atoms with Gasteiger partial charge in [-0.25, -0.2) is 13.6 Å². The summed E-state index contributed by atoms with van der Waals surface area (Å²) in [5.74, 6) is -5.65. The predicted octanol–water partition coefficient (Wildman–Crippen LogP) is -0.171. The fourth-order valence-electron chi connectivity index (χ4n) is 5.21. The van der Waals surface area contributed by atoms with Crippen LogP contribution >= 0.6 is 0 Å². The van der Waals surface area contributed by atoms with Crippen LogP contribution < -0.4 is 27.0 Å². The zero-order chi connectivity index (χ0) is 31.1. The quantitative estimate of drug-likeness (QED) is 0.239. The molecular formula is C28H41F2N7O5. The highest BCUT2D eigenvalue weighted by Crippen LogP contribution is 2.50. The molecule has 2 unspecified atom stereocenters. The number of likely N-dealkylation sites (tertiary alicyclic amines) is 2. The molecule has 2 saturated heterocycles. The van der Waals surface area contributed by atoms with Crippen LogP contribution in [-0.2, 0) is 25.6 Å². The van der Waals surface area contributed by atoms with Crippen molar-refractivity contribution in [3.8, 4) is 0 Å². The Kier molecular flexibility index (Phi) is 10.8. The molecule has 232 valence electrons. The summed E-state index contributed by atoms with van der Waals surface area (Å²) in [5, 5.41) is 9.89.